The van der Waals surface area contributed by atoms with E-state index in [9.17, 15) is 0 Å². The molecule has 6 heteroatoms. The van der Waals surface area contributed by atoms with Crippen LogP contribution in [0.1, 0.15) is 12.8 Å². The summed E-state index contributed by atoms with van der Waals surface area (Å²) < 4.78 is 5.98. The molecule has 2 aromatic rings. The fourth-order valence-corrected chi connectivity index (χ4v) is 2.69. The van der Waals surface area contributed by atoms with Crippen LogP contribution in [-0.2, 0) is 0 Å². The molecule has 0 aliphatic carbocycles. The van der Waals surface area contributed by atoms with Crippen LogP contribution >= 0.6 is 11.6 Å². The summed E-state index contributed by atoms with van der Waals surface area (Å²) in [5, 5.41) is 0.430. The third-order valence-corrected chi connectivity index (χ3v) is 3.97. The van der Waals surface area contributed by atoms with Gasteiger partial charge in [0.25, 0.3) is 0 Å². The SMILES string of the molecule is CN1CCC[C@@H]1COc1ccc(Cl)nc1-c1cncnc1. The molecule has 3 rings (SSSR count). The number of rotatable bonds is 4. The van der Waals surface area contributed by atoms with Gasteiger partial charge in [-0.15, -0.1) is 0 Å². The Labute approximate surface area is 129 Å². The van der Waals surface area contributed by atoms with Gasteiger partial charge in [-0.3, -0.25) is 0 Å². The minimum absolute atomic E-state index is 0.430. The molecule has 0 aromatic carbocycles. The molecule has 0 amide bonds. The van der Waals surface area contributed by atoms with E-state index >= 15 is 0 Å². The van der Waals surface area contributed by atoms with E-state index in [0.29, 0.717) is 23.5 Å². The molecule has 1 aliphatic rings. The molecule has 0 N–H and O–H groups in total. The smallest absolute Gasteiger partial charge is 0.145 e. The van der Waals surface area contributed by atoms with Crippen molar-refractivity contribution in [3.8, 4) is 17.0 Å². The maximum absolute atomic E-state index is 6.00. The summed E-state index contributed by atoms with van der Waals surface area (Å²) in [4.78, 5) is 14.7. The van der Waals surface area contributed by atoms with Gasteiger partial charge in [0.15, 0.2) is 0 Å². The lowest BCUT2D eigenvalue weighted by Crippen LogP contribution is -2.30. The monoisotopic (exact) mass is 304 g/mol. The summed E-state index contributed by atoms with van der Waals surface area (Å²) in [5.74, 6) is 0.717. The van der Waals surface area contributed by atoms with Crippen LogP contribution in [-0.4, -0.2) is 46.1 Å². The van der Waals surface area contributed by atoms with E-state index in [1.807, 2.05) is 6.07 Å². The zero-order valence-corrected chi connectivity index (χ0v) is 12.6. The number of aromatic nitrogens is 3. The van der Waals surface area contributed by atoms with Crippen LogP contribution in [0.15, 0.2) is 30.9 Å². The molecule has 3 heterocycles. The summed E-state index contributed by atoms with van der Waals surface area (Å²) >= 11 is 6.00. The van der Waals surface area contributed by atoms with E-state index < -0.39 is 0 Å². The Balaban J connectivity index is 1.81. The van der Waals surface area contributed by atoms with Crippen molar-refractivity contribution >= 4 is 11.6 Å². The predicted octanol–water partition coefficient (Wildman–Crippen LogP) is 2.67. The largest absolute Gasteiger partial charge is 0.490 e. The highest BCUT2D eigenvalue weighted by atomic mass is 35.5. The zero-order valence-electron chi connectivity index (χ0n) is 11.9. The molecule has 0 bridgehead atoms. The fraction of sp³-hybridized carbons (Fsp3) is 0.400. The normalized spacial score (nSPS) is 18.9. The molecule has 1 fully saturated rings. The molecule has 1 aliphatic heterocycles. The third kappa shape index (κ3) is 3.31. The fourth-order valence-electron chi connectivity index (χ4n) is 2.54. The Morgan fingerprint density at radius 2 is 2.14 bits per heavy atom. The van der Waals surface area contributed by atoms with Crippen LogP contribution in [0.4, 0.5) is 0 Å². The first-order valence-electron chi connectivity index (χ1n) is 6.99. The van der Waals surface area contributed by atoms with Crippen LogP contribution in [0.2, 0.25) is 5.15 Å². The first-order chi connectivity index (χ1) is 10.2. The van der Waals surface area contributed by atoms with Crippen LogP contribution < -0.4 is 4.74 Å². The van der Waals surface area contributed by atoms with Gasteiger partial charge in [-0.2, -0.15) is 0 Å². The second-order valence-corrected chi connectivity index (χ2v) is 5.58. The predicted molar refractivity (Wildman–Crippen MR) is 81.4 cm³/mol. The van der Waals surface area contributed by atoms with Crippen LogP contribution in [0.5, 0.6) is 5.75 Å². The van der Waals surface area contributed by atoms with Gasteiger partial charge in [-0.05, 0) is 38.6 Å². The average molecular weight is 305 g/mol. The molecule has 0 unspecified atom stereocenters. The summed E-state index contributed by atoms with van der Waals surface area (Å²) in [6.45, 7) is 1.78. The summed E-state index contributed by atoms with van der Waals surface area (Å²) in [6, 6.07) is 4.05. The molecule has 1 saturated heterocycles. The maximum Gasteiger partial charge on any atom is 0.145 e. The lowest BCUT2D eigenvalue weighted by atomic mass is 10.2. The average Bonchev–Trinajstić information content (AvgIpc) is 2.92. The minimum Gasteiger partial charge on any atom is -0.490 e. The van der Waals surface area contributed by atoms with Crippen molar-refractivity contribution < 1.29 is 4.74 Å². The van der Waals surface area contributed by atoms with Crippen molar-refractivity contribution in [3.63, 3.8) is 0 Å². The standard InChI is InChI=1S/C15H17ClN4O/c1-20-6-2-3-12(20)9-21-13-4-5-14(16)19-15(13)11-7-17-10-18-8-11/h4-5,7-8,10,12H,2-3,6,9H2,1H3/t12-/m1/s1. The van der Waals surface area contributed by atoms with Gasteiger partial charge < -0.3 is 9.64 Å². The Bertz CT molecular complexity index is 608. The van der Waals surface area contributed by atoms with E-state index in [4.69, 9.17) is 16.3 Å². The molecule has 0 saturated carbocycles. The van der Waals surface area contributed by atoms with E-state index in [-0.39, 0.29) is 0 Å². The Hall–Kier alpha value is -1.72. The summed E-state index contributed by atoms with van der Waals surface area (Å²) in [7, 11) is 2.13. The van der Waals surface area contributed by atoms with Gasteiger partial charge in [-0.1, -0.05) is 11.6 Å². The highest BCUT2D eigenvalue weighted by molar-refractivity contribution is 6.29. The van der Waals surface area contributed by atoms with Gasteiger partial charge in [0.2, 0.25) is 0 Å². The third-order valence-electron chi connectivity index (χ3n) is 3.76. The highest BCUT2D eigenvalue weighted by Gasteiger charge is 2.22. The van der Waals surface area contributed by atoms with E-state index in [2.05, 4.69) is 26.9 Å². The highest BCUT2D eigenvalue weighted by Crippen LogP contribution is 2.29. The molecule has 110 valence electrons. The van der Waals surface area contributed by atoms with Crippen molar-refractivity contribution in [1.82, 2.24) is 19.9 Å². The van der Waals surface area contributed by atoms with Crippen molar-refractivity contribution in [2.45, 2.75) is 18.9 Å². The van der Waals surface area contributed by atoms with Gasteiger partial charge >= 0.3 is 0 Å². The van der Waals surface area contributed by atoms with Gasteiger partial charge in [0, 0.05) is 24.0 Å². The Morgan fingerprint density at radius 3 is 2.86 bits per heavy atom. The molecule has 1 atom stereocenters. The number of likely N-dealkylation sites (N-methyl/N-ethyl adjacent to an activating group) is 1. The first kappa shape index (κ1) is 14.2. The van der Waals surface area contributed by atoms with Gasteiger partial charge in [-0.25, -0.2) is 15.0 Å². The van der Waals surface area contributed by atoms with Gasteiger partial charge in [0.1, 0.15) is 29.5 Å². The van der Waals surface area contributed by atoms with Crippen molar-refractivity contribution in [2.75, 3.05) is 20.2 Å². The van der Waals surface area contributed by atoms with Crippen LogP contribution in [0, 0.1) is 0 Å². The summed E-state index contributed by atoms with van der Waals surface area (Å²) in [6.07, 6.45) is 7.30. The number of pyridine rings is 1. The van der Waals surface area contributed by atoms with Crippen molar-refractivity contribution in [3.05, 3.63) is 36.0 Å². The number of ether oxygens (including phenoxy) is 1. The lowest BCUT2D eigenvalue weighted by Gasteiger charge is -2.20. The minimum atomic E-state index is 0.430. The first-order valence-corrected chi connectivity index (χ1v) is 7.37. The summed E-state index contributed by atoms with van der Waals surface area (Å²) in [5.41, 5.74) is 1.48. The molecular weight excluding hydrogens is 288 g/mol. The van der Waals surface area contributed by atoms with Gasteiger partial charge in [0.05, 0.1) is 0 Å². The number of nitrogens with zero attached hydrogens (tertiary/aromatic N) is 4. The number of halogens is 1. The molecule has 0 radical (unpaired) electrons. The number of hydrogen-bond donors (Lipinski definition) is 0. The van der Waals surface area contributed by atoms with Crippen molar-refractivity contribution in [1.29, 1.82) is 0 Å². The lowest BCUT2D eigenvalue weighted by molar-refractivity contribution is 0.198. The Kier molecular flexibility index (Phi) is 4.31. The Morgan fingerprint density at radius 1 is 1.33 bits per heavy atom. The maximum atomic E-state index is 6.00. The second kappa shape index (κ2) is 6.37. The van der Waals surface area contributed by atoms with Crippen LogP contribution in [0.25, 0.3) is 11.3 Å². The molecule has 2 aromatic heterocycles. The zero-order chi connectivity index (χ0) is 14.7. The molecule has 21 heavy (non-hydrogen) atoms. The number of likely N-dealkylation sites (tertiary alicyclic amines) is 1. The topological polar surface area (TPSA) is 51.1 Å². The van der Waals surface area contributed by atoms with Crippen LogP contribution in [0.3, 0.4) is 0 Å². The van der Waals surface area contributed by atoms with E-state index in [0.717, 1.165) is 17.9 Å². The molecule has 5 nitrogen and oxygen atoms in total. The molecule has 0 spiro atoms. The van der Waals surface area contributed by atoms with Crippen molar-refractivity contribution in [2.24, 2.45) is 0 Å². The second-order valence-electron chi connectivity index (χ2n) is 5.20. The van der Waals surface area contributed by atoms with E-state index in [1.165, 1.54) is 19.2 Å². The molecular formula is C15H17ClN4O. The van der Waals surface area contributed by atoms with E-state index in [1.54, 1.807) is 18.5 Å². The number of hydrogen-bond acceptors (Lipinski definition) is 5. The quantitative estimate of drug-likeness (QED) is 0.813.